The third kappa shape index (κ3) is 5.91. The Bertz CT molecular complexity index is 1020. The summed E-state index contributed by atoms with van der Waals surface area (Å²) < 4.78 is 23.7. The first-order valence-electron chi connectivity index (χ1n) is 8.53. The number of hydrogen-bond donors (Lipinski definition) is 2. The molecule has 3 rings (SSSR count). The second-order valence-corrected chi connectivity index (χ2v) is 7.97. The van der Waals surface area contributed by atoms with Gasteiger partial charge in [0.15, 0.2) is 4.34 Å². The van der Waals surface area contributed by atoms with Crippen LogP contribution in [0.4, 0.5) is 15.2 Å². The van der Waals surface area contributed by atoms with Gasteiger partial charge < -0.3 is 14.8 Å². The van der Waals surface area contributed by atoms with E-state index >= 15 is 0 Å². The molecule has 1 aromatic heterocycles. The molecular weight excluding hydrogens is 431 g/mol. The summed E-state index contributed by atoms with van der Waals surface area (Å²) in [6.45, 7) is 0. The number of benzene rings is 2. The average Bonchev–Trinajstić information content (AvgIpc) is 3.20. The maximum absolute atomic E-state index is 12.9. The second kappa shape index (κ2) is 10.0. The minimum Gasteiger partial charge on any atom is -0.497 e. The van der Waals surface area contributed by atoms with E-state index in [0.717, 1.165) is 11.3 Å². The molecule has 8 nitrogen and oxygen atoms in total. The van der Waals surface area contributed by atoms with Crippen molar-refractivity contribution in [3.63, 3.8) is 0 Å². The van der Waals surface area contributed by atoms with Crippen molar-refractivity contribution in [1.82, 2.24) is 10.2 Å². The van der Waals surface area contributed by atoms with Gasteiger partial charge in [-0.25, -0.2) is 4.39 Å². The zero-order valence-corrected chi connectivity index (χ0v) is 17.6. The SMILES string of the molecule is COc1cc(OC)cc(C(=O)Nc2nnc(SCC(=O)Nc3ccc(F)cc3)s2)c1. The van der Waals surface area contributed by atoms with Crippen LogP contribution in [0.25, 0.3) is 0 Å². The van der Waals surface area contributed by atoms with Gasteiger partial charge in [-0.2, -0.15) is 0 Å². The highest BCUT2D eigenvalue weighted by Crippen LogP contribution is 2.27. The van der Waals surface area contributed by atoms with E-state index in [1.165, 1.54) is 50.2 Å². The highest BCUT2D eigenvalue weighted by Gasteiger charge is 2.14. The summed E-state index contributed by atoms with van der Waals surface area (Å²) in [6, 6.07) is 10.3. The Balaban J connectivity index is 1.55. The zero-order chi connectivity index (χ0) is 21.5. The van der Waals surface area contributed by atoms with E-state index in [9.17, 15) is 14.0 Å². The second-order valence-electron chi connectivity index (χ2n) is 5.77. The van der Waals surface area contributed by atoms with Crippen molar-refractivity contribution in [2.24, 2.45) is 0 Å². The third-order valence-corrected chi connectivity index (χ3v) is 5.67. The van der Waals surface area contributed by atoms with Crippen LogP contribution in [0.15, 0.2) is 46.8 Å². The van der Waals surface area contributed by atoms with Crippen LogP contribution in [-0.4, -0.2) is 42.0 Å². The van der Waals surface area contributed by atoms with Gasteiger partial charge in [0.1, 0.15) is 17.3 Å². The van der Waals surface area contributed by atoms with Crippen LogP contribution in [0, 0.1) is 5.82 Å². The van der Waals surface area contributed by atoms with E-state index < -0.39 is 5.91 Å². The molecule has 2 aromatic carbocycles. The van der Waals surface area contributed by atoms with Gasteiger partial charge in [0, 0.05) is 17.3 Å². The fraction of sp³-hybridized carbons (Fsp3) is 0.158. The molecule has 0 spiro atoms. The van der Waals surface area contributed by atoms with E-state index in [0.29, 0.717) is 32.2 Å². The number of nitrogens with zero attached hydrogens (tertiary/aromatic N) is 2. The first-order valence-corrected chi connectivity index (χ1v) is 10.3. The molecule has 2 N–H and O–H groups in total. The summed E-state index contributed by atoms with van der Waals surface area (Å²) in [7, 11) is 2.99. The van der Waals surface area contributed by atoms with E-state index in [1.807, 2.05) is 0 Å². The predicted molar refractivity (Wildman–Crippen MR) is 113 cm³/mol. The molecule has 30 heavy (non-hydrogen) atoms. The van der Waals surface area contributed by atoms with Crippen molar-refractivity contribution >= 4 is 45.7 Å². The standard InChI is InChI=1S/C19H17FN4O4S2/c1-27-14-7-11(8-15(9-14)28-2)17(26)22-18-23-24-19(30-18)29-10-16(25)21-13-5-3-12(20)4-6-13/h3-9H,10H2,1-2H3,(H,21,25)(H,22,23,26). The Morgan fingerprint density at radius 3 is 2.33 bits per heavy atom. The molecule has 3 aromatic rings. The number of methoxy groups -OCH3 is 2. The Kier molecular flexibility index (Phi) is 7.20. The minimum atomic E-state index is -0.394. The fourth-order valence-corrected chi connectivity index (χ4v) is 3.83. The first-order chi connectivity index (χ1) is 14.5. The summed E-state index contributed by atoms with van der Waals surface area (Å²) in [5.74, 6) is 0.0240. The summed E-state index contributed by atoms with van der Waals surface area (Å²) in [5.41, 5.74) is 0.843. The van der Waals surface area contributed by atoms with E-state index in [-0.39, 0.29) is 17.5 Å². The molecule has 11 heteroatoms. The molecule has 0 fully saturated rings. The Morgan fingerprint density at radius 2 is 1.70 bits per heavy atom. The quantitative estimate of drug-likeness (QED) is 0.400. The highest BCUT2D eigenvalue weighted by molar-refractivity contribution is 8.01. The predicted octanol–water partition coefficient (Wildman–Crippen LogP) is 3.68. The maximum Gasteiger partial charge on any atom is 0.257 e. The van der Waals surface area contributed by atoms with Gasteiger partial charge in [0.05, 0.1) is 20.0 Å². The van der Waals surface area contributed by atoms with Crippen LogP contribution < -0.4 is 20.1 Å². The van der Waals surface area contributed by atoms with Gasteiger partial charge in [-0.05, 0) is 36.4 Å². The summed E-state index contributed by atoms with van der Waals surface area (Å²) in [4.78, 5) is 24.5. The summed E-state index contributed by atoms with van der Waals surface area (Å²) in [6.07, 6.45) is 0. The molecule has 156 valence electrons. The van der Waals surface area contributed by atoms with Gasteiger partial charge in [-0.15, -0.1) is 10.2 Å². The topological polar surface area (TPSA) is 102 Å². The third-order valence-electron chi connectivity index (χ3n) is 3.70. The molecule has 2 amide bonds. The average molecular weight is 449 g/mol. The van der Waals surface area contributed by atoms with Crippen molar-refractivity contribution in [3.05, 3.63) is 53.8 Å². The van der Waals surface area contributed by atoms with Gasteiger partial charge in [0.2, 0.25) is 11.0 Å². The smallest absolute Gasteiger partial charge is 0.257 e. The van der Waals surface area contributed by atoms with Crippen LogP contribution in [0.2, 0.25) is 0 Å². The van der Waals surface area contributed by atoms with Crippen LogP contribution in [0.5, 0.6) is 11.5 Å². The van der Waals surface area contributed by atoms with Crippen LogP contribution >= 0.6 is 23.1 Å². The summed E-state index contributed by atoms with van der Waals surface area (Å²) >= 11 is 2.32. The van der Waals surface area contributed by atoms with Crippen molar-refractivity contribution in [3.8, 4) is 11.5 Å². The van der Waals surface area contributed by atoms with Crippen molar-refractivity contribution in [2.45, 2.75) is 4.34 Å². The van der Waals surface area contributed by atoms with Gasteiger partial charge >= 0.3 is 0 Å². The van der Waals surface area contributed by atoms with Crippen LogP contribution in [0.3, 0.4) is 0 Å². The van der Waals surface area contributed by atoms with E-state index in [1.54, 1.807) is 18.2 Å². The number of halogens is 1. The number of thioether (sulfide) groups is 1. The molecule has 0 atom stereocenters. The Labute approximate surface area is 179 Å². The molecule has 0 unspecified atom stereocenters. The maximum atomic E-state index is 12.9. The van der Waals surface area contributed by atoms with Gasteiger partial charge in [-0.1, -0.05) is 23.1 Å². The zero-order valence-electron chi connectivity index (χ0n) is 16.0. The van der Waals surface area contributed by atoms with Gasteiger partial charge in [0.25, 0.3) is 5.91 Å². The van der Waals surface area contributed by atoms with Crippen LogP contribution in [0.1, 0.15) is 10.4 Å². The largest absolute Gasteiger partial charge is 0.497 e. The normalized spacial score (nSPS) is 10.4. The molecule has 0 radical (unpaired) electrons. The monoisotopic (exact) mass is 448 g/mol. The van der Waals surface area contributed by atoms with Gasteiger partial charge in [-0.3, -0.25) is 14.9 Å². The first kappa shape index (κ1) is 21.5. The molecule has 0 saturated carbocycles. The molecule has 0 saturated heterocycles. The molecule has 0 bridgehead atoms. The number of nitrogens with one attached hydrogen (secondary N) is 2. The lowest BCUT2D eigenvalue weighted by Gasteiger charge is -2.07. The number of rotatable bonds is 8. The number of hydrogen-bond acceptors (Lipinski definition) is 8. The van der Waals surface area contributed by atoms with Crippen molar-refractivity contribution in [1.29, 1.82) is 0 Å². The lowest BCUT2D eigenvalue weighted by Crippen LogP contribution is -2.13. The minimum absolute atomic E-state index is 0.0903. The summed E-state index contributed by atoms with van der Waals surface area (Å²) in [5, 5.41) is 13.5. The number of carbonyl (C=O) groups is 2. The number of carbonyl (C=O) groups excluding carboxylic acids is 2. The fourth-order valence-electron chi connectivity index (χ4n) is 2.28. The number of anilines is 2. The molecule has 0 aliphatic rings. The Morgan fingerprint density at radius 1 is 1.03 bits per heavy atom. The molecular formula is C19H17FN4O4S2. The van der Waals surface area contributed by atoms with Crippen molar-refractivity contribution < 1.29 is 23.5 Å². The lowest BCUT2D eigenvalue weighted by atomic mass is 10.2. The van der Waals surface area contributed by atoms with E-state index in [4.69, 9.17) is 9.47 Å². The highest BCUT2D eigenvalue weighted by atomic mass is 32.2. The van der Waals surface area contributed by atoms with Crippen LogP contribution in [-0.2, 0) is 4.79 Å². The van der Waals surface area contributed by atoms with E-state index in [2.05, 4.69) is 20.8 Å². The number of aromatic nitrogens is 2. The molecule has 0 aliphatic heterocycles. The number of amides is 2. The Hall–Kier alpha value is -3.18. The lowest BCUT2D eigenvalue weighted by molar-refractivity contribution is -0.113. The molecule has 0 aliphatic carbocycles. The van der Waals surface area contributed by atoms with Crippen molar-refractivity contribution in [2.75, 3.05) is 30.6 Å². The molecule has 1 heterocycles. The number of ether oxygens (including phenoxy) is 2.